The molecule has 0 aliphatic carbocycles. The highest BCUT2D eigenvalue weighted by atomic mass is 14.9. The Bertz CT molecular complexity index is 470. The van der Waals surface area contributed by atoms with Gasteiger partial charge < -0.3 is 5.73 Å². The maximum absolute atomic E-state index is 5.80. The van der Waals surface area contributed by atoms with Gasteiger partial charge in [0.05, 0.1) is 11.2 Å². The molecule has 0 spiro atoms. The van der Waals surface area contributed by atoms with E-state index in [-0.39, 0.29) is 0 Å². The average molecular weight is 229 g/mol. The summed E-state index contributed by atoms with van der Waals surface area (Å²) in [7, 11) is 0. The highest BCUT2D eigenvalue weighted by molar-refractivity contribution is 5.44. The van der Waals surface area contributed by atoms with E-state index in [1.807, 2.05) is 19.9 Å². The lowest BCUT2D eigenvalue weighted by molar-refractivity contribution is 0.680. The van der Waals surface area contributed by atoms with Crippen LogP contribution in [0.5, 0.6) is 0 Å². The predicted molar refractivity (Wildman–Crippen MR) is 71.4 cm³/mol. The SMILES string of the molecule is C=Cc1cc(C(C)C)nc(C#CC(C)(C)N)n1. The number of rotatable bonds is 2. The molecule has 0 saturated carbocycles. The first-order chi connectivity index (χ1) is 7.81. The normalized spacial score (nSPS) is 10.9. The summed E-state index contributed by atoms with van der Waals surface area (Å²) in [5.74, 6) is 6.67. The molecule has 90 valence electrons. The molecule has 0 amide bonds. The van der Waals surface area contributed by atoms with Crippen LogP contribution in [0.15, 0.2) is 12.6 Å². The largest absolute Gasteiger partial charge is 0.316 e. The molecule has 2 N–H and O–H groups in total. The van der Waals surface area contributed by atoms with Crippen LogP contribution in [-0.4, -0.2) is 15.5 Å². The first kappa shape index (κ1) is 13.4. The number of nitrogens with zero attached hydrogens (tertiary/aromatic N) is 2. The van der Waals surface area contributed by atoms with Crippen LogP contribution in [0.2, 0.25) is 0 Å². The van der Waals surface area contributed by atoms with E-state index < -0.39 is 5.54 Å². The fraction of sp³-hybridized carbons (Fsp3) is 0.429. The van der Waals surface area contributed by atoms with Crippen molar-refractivity contribution in [3.05, 3.63) is 29.9 Å². The van der Waals surface area contributed by atoms with Crippen molar-refractivity contribution >= 4 is 6.08 Å². The topological polar surface area (TPSA) is 51.8 Å². The van der Waals surface area contributed by atoms with Gasteiger partial charge >= 0.3 is 0 Å². The molecular formula is C14H19N3. The van der Waals surface area contributed by atoms with Crippen LogP contribution in [0.3, 0.4) is 0 Å². The summed E-state index contributed by atoms with van der Waals surface area (Å²) in [6.07, 6.45) is 1.70. The van der Waals surface area contributed by atoms with Crippen molar-refractivity contribution in [3.8, 4) is 11.8 Å². The van der Waals surface area contributed by atoms with E-state index in [0.29, 0.717) is 11.7 Å². The van der Waals surface area contributed by atoms with Crippen molar-refractivity contribution in [3.63, 3.8) is 0 Å². The summed E-state index contributed by atoms with van der Waals surface area (Å²) in [5.41, 5.74) is 7.03. The molecule has 1 aromatic rings. The van der Waals surface area contributed by atoms with Gasteiger partial charge in [0.25, 0.3) is 0 Å². The van der Waals surface area contributed by atoms with Crippen LogP contribution in [0, 0.1) is 11.8 Å². The number of nitrogens with two attached hydrogens (primary N) is 1. The molecule has 1 heterocycles. The lowest BCUT2D eigenvalue weighted by Crippen LogP contribution is -2.29. The molecule has 1 rings (SSSR count). The summed E-state index contributed by atoms with van der Waals surface area (Å²) in [4.78, 5) is 8.67. The van der Waals surface area contributed by atoms with E-state index in [1.165, 1.54) is 0 Å². The Hall–Kier alpha value is -1.66. The fourth-order valence-electron chi connectivity index (χ4n) is 1.16. The molecule has 0 atom stereocenters. The van der Waals surface area contributed by atoms with E-state index >= 15 is 0 Å². The van der Waals surface area contributed by atoms with Crippen molar-refractivity contribution in [2.75, 3.05) is 0 Å². The molecular weight excluding hydrogens is 210 g/mol. The highest BCUT2D eigenvalue weighted by Gasteiger charge is 2.07. The molecule has 0 fully saturated rings. The number of aromatic nitrogens is 2. The Kier molecular flexibility index (Phi) is 4.03. The zero-order valence-electron chi connectivity index (χ0n) is 10.9. The Morgan fingerprint density at radius 3 is 2.53 bits per heavy atom. The smallest absolute Gasteiger partial charge is 0.205 e. The average Bonchev–Trinajstić information content (AvgIpc) is 2.25. The molecule has 1 aromatic heterocycles. The molecule has 0 saturated heterocycles. The Morgan fingerprint density at radius 2 is 2.06 bits per heavy atom. The Labute approximate surface area is 103 Å². The van der Waals surface area contributed by atoms with Gasteiger partial charge in [-0.25, -0.2) is 9.97 Å². The molecule has 3 nitrogen and oxygen atoms in total. The maximum Gasteiger partial charge on any atom is 0.205 e. The van der Waals surface area contributed by atoms with Gasteiger partial charge in [-0.3, -0.25) is 0 Å². The second-order valence-corrected chi connectivity index (χ2v) is 4.87. The van der Waals surface area contributed by atoms with E-state index in [4.69, 9.17) is 5.73 Å². The van der Waals surface area contributed by atoms with Crippen LogP contribution in [0.25, 0.3) is 6.08 Å². The zero-order valence-corrected chi connectivity index (χ0v) is 10.9. The quantitative estimate of drug-likeness (QED) is 0.792. The second-order valence-electron chi connectivity index (χ2n) is 4.87. The van der Waals surface area contributed by atoms with Crippen molar-refractivity contribution in [1.82, 2.24) is 9.97 Å². The lowest BCUT2D eigenvalue weighted by Gasteiger charge is -2.08. The van der Waals surface area contributed by atoms with Crippen LogP contribution in [0.4, 0.5) is 0 Å². The van der Waals surface area contributed by atoms with Crippen molar-refractivity contribution in [1.29, 1.82) is 0 Å². The third-order valence-electron chi connectivity index (χ3n) is 2.06. The van der Waals surface area contributed by atoms with Crippen LogP contribution in [-0.2, 0) is 0 Å². The lowest BCUT2D eigenvalue weighted by atomic mass is 10.1. The zero-order chi connectivity index (χ0) is 13.1. The van der Waals surface area contributed by atoms with Crippen LogP contribution < -0.4 is 5.73 Å². The molecule has 0 aliphatic rings. The van der Waals surface area contributed by atoms with Crippen LogP contribution in [0.1, 0.15) is 50.8 Å². The summed E-state index contributed by atoms with van der Waals surface area (Å²) in [6.45, 7) is 11.6. The van der Waals surface area contributed by atoms with Gasteiger partial charge in [-0.05, 0) is 37.8 Å². The minimum Gasteiger partial charge on any atom is -0.316 e. The van der Waals surface area contributed by atoms with Crippen molar-refractivity contribution in [2.24, 2.45) is 5.73 Å². The molecule has 0 unspecified atom stereocenters. The van der Waals surface area contributed by atoms with Crippen molar-refractivity contribution in [2.45, 2.75) is 39.2 Å². The Balaban J connectivity index is 3.19. The summed E-state index contributed by atoms with van der Waals surface area (Å²) in [6, 6.07) is 1.93. The molecule has 0 radical (unpaired) electrons. The maximum atomic E-state index is 5.80. The first-order valence-corrected chi connectivity index (χ1v) is 5.65. The van der Waals surface area contributed by atoms with Gasteiger partial charge in [0, 0.05) is 5.69 Å². The molecule has 3 heteroatoms. The van der Waals surface area contributed by atoms with Gasteiger partial charge in [0.2, 0.25) is 5.82 Å². The van der Waals surface area contributed by atoms with Gasteiger partial charge in [-0.2, -0.15) is 0 Å². The molecule has 0 bridgehead atoms. The molecule has 17 heavy (non-hydrogen) atoms. The van der Waals surface area contributed by atoms with Gasteiger partial charge in [-0.15, -0.1) is 0 Å². The second kappa shape index (κ2) is 5.11. The van der Waals surface area contributed by atoms with Gasteiger partial charge in [0.15, 0.2) is 0 Å². The fourth-order valence-corrected chi connectivity index (χ4v) is 1.16. The van der Waals surface area contributed by atoms with Crippen molar-refractivity contribution < 1.29 is 0 Å². The standard InChI is InChI=1S/C14H19N3/c1-6-11-9-12(10(2)3)17-13(16-11)7-8-14(4,5)15/h6,9-10H,1,15H2,2-5H3. The van der Waals surface area contributed by atoms with Gasteiger partial charge in [-0.1, -0.05) is 26.3 Å². The van der Waals surface area contributed by atoms with Crippen LogP contribution >= 0.6 is 0 Å². The number of hydrogen-bond donors (Lipinski definition) is 1. The predicted octanol–water partition coefficient (Wildman–Crippen LogP) is 2.33. The van der Waals surface area contributed by atoms with E-state index in [9.17, 15) is 0 Å². The van der Waals surface area contributed by atoms with E-state index in [1.54, 1.807) is 6.08 Å². The summed E-state index contributed by atoms with van der Waals surface area (Å²) < 4.78 is 0. The Morgan fingerprint density at radius 1 is 1.41 bits per heavy atom. The first-order valence-electron chi connectivity index (χ1n) is 5.65. The van der Waals surface area contributed by atoms with Gasteiger partial charge in [0.1, 0.15) is 0 Å². The molecule has 0 aliphatic heterocycles. The van der Waals surface area contributed by atoms with E-state index in [2.05, 4.69) is 42.2 Å². The molecule has 0 aromatic carbocycles. The minimum atomic E-state index is -0.536. The highest BCUT2D eigenvalue weighted by Crippen LogP contribution is 2.13. The third kappa shape index (κ3) is 4.38. The monoisotopic (exact) mass is 229 g/mol. The van der Waals surface area contributed by atoms with E-state index in [0.717, 1.165) is 11.4 Å². The third-order valence-corrected chi connectivity index (χ3v) is 2.06. The minimum absolute atomic E-state index is 0.336. The number of hydrogen-bond acceptors (Lipinski definition) is 3. The summed E-state index contributed by atoms with van der Waals surface area (Å²) >= 11 is 0. The summed E-state index contributed by atoms with van der Waals surface area (Å²) in [5, 5.41) is 0.